The van der Waals surface area contributed by atoms with Crippen LogP contribution >= 0.6 is 0 Å². The summed E-state index contributed by atoms with van der Waals surface area (Å²) in [4.78, 5) is 0. The van der Waals surface area contributed by atoms with Gasteiger partial charge in [-0.1, -0.05) is 42.5 Å². The van der Waals surface area contributed by atoms with E-state index in [0.717, 1.165) is 30.7 Å². The first-order valence-corrected chi connectivity index (χ1v) is 8.82. The first-order valence-electron chi connectivity index (χ1n) is 8.82. The third-order valence-corrected chi connectivity index (χ3v) is 4.76. The Morgan fingerprint density at radius 2 is 1.48 bits per heavy atom. The van der Waals surface area contributed by atoms with E-state index >= 15 is 0 Å². The average molecular weight is 365 g/mol. The fourth-order valence-corrected chi connectivity index (χ4v) is 3.41. The van der Waals surface area contributed by atoms with Crippen LogP contribution in [0.15, 0.2) is 72.8 Å². The summed E-state index contributed by atoms with van der Waals surface area (Å²) < 4.78 is 38.0. The van der Waals surface area contributed by atoms with Crippen LogP contribution in [0.25, 0.3) is 11.6 Å². The smallest absolute Gasteiger partial charge is 0.356 e. The van der Waals surface area contributed by atoms with Crippen molar-refractivity contribution < 1.29 is 13.2 Å². The Kier molecular flexibility index (Phi) is 4.48. The molecular formula is C23H18F3N. The molecule has 1 aliphatic carbocycles. The molecule has 0 fully saturated rings. The van der Waals surface area contributed by atoms with Gasteiger partial charge in [0, 0.05) is 11.4 Å². The van der Waals surface area contributed by atoms with E-state index in [1.807, 2.05) is 24.3 Å². The number of fused-ring (bicyclic) bond motifs is 1. The average Bonchev–Trinajstić information content (AvgIpc) is 3.04. The van der Waals surface area contributed by atoms with E-state index in [9.17, 15) is 13.2 Å². The van der Waals surface area contributed by atoms with E-state index < -0.39 is 11.7 Å². The van der Waals surface area contributed by atoms with Crippen molar-refractivity contribution in [2.75, 3.05) is 5.32 Å². The molecule has 3 aromatic carbocycles. The third-order valence-electron chi connectivity index (χ3n) is 4.76. The number of alkyl halides is 3. The lowest BCUT2D eigenvalue weighted by Crippen LogP contribution is -2.04. The topological polar surface area (TPSA) is 12.0 Å². The Bertz CT molecular complexity index is 971. The van der Waals surface area contributed by atoms with Gasteiger partial charge in [-0.05, 0) is 71.5 Å². The number of allylic oxidation sites excluding steroid dienone is 1. The maximum atomic E-state index is 12.7. The molecule has 0 radical (unpaired) electrons. The molecule has 0 unspecified atom stereocenters. The second-order valence-electron chi connectivity index (χ2n) is 6.65. The Morgan fingerprint density at radius 3 is 2.19 bits per heavy atom. The highest BCUT2D eigenvalue weighted by Gasteiger charge is 2.29. The molecule has 0 heterocycles. The van der Waals surface area contributed by atoms with Crippen molar-refractivity contribution in [2.24, 2.45) is 0 Å². The van der Waals surface area contributed by atoms with E-state index in [2.05, 4.69) is 35.7 Å². The molecule has 1 aliphatic rings. The maximum Gasteiger partial charge on any atom is 0.416 e. The van der Waals surface area contributed by atoms with Crippen molar-refractivity contribution in [3.05, 3.63) is 95.1 Å². The van der Waals surface area contributed by atoms with E-state index in [1.54, 1.807) is 0 Å². The summed E-state index contributed by atoms with van der Waals surface area (Å²) in [7, 11) is 0. The quantitative estimate of drug-likeness (QED) is 0.530. The Hall–Kier alpha value is -3.01. The van der Waals surface area contributed by atoms with Gasteiger partial charge >= 0.3 is 6.18 Å². The van der Waals surface area contributed by atoms with Gasteiger partial charge in [-0.25, -0.2) is 0 Å². The summed E-state index contributed by atoms with van der Waals surface area (Å²) in [5.74, 6) is 0. The van der Waals surface area contributed by atoms with Gasteiger partial charge in [0.05, 0.1) is 5.56 Å². The number of aryl methyl sites for hydroxylation is 1. The molecule has 1 N–H and O–H groups in total. The van der Waals surface area contributed by atoms with Gasteiger partial charge in [-0.3, -0.25) is 0 Å². The van der Waals surface area contributed by atoms with Gasteiger partial charge in [-0.15, -0.1) is 0 Å². The van der Waals surface area contributed by atoms with Crippen molar-refractivity contribution in [2.45, 2.75) is 19.0 Å². The van der Waals surface area contributed by atoms with Gasteiger partial charge in [-0.2, -0.15) is 13.2 Å². The predicted octanol–water partition coefficient (Wildman–Crippen LogP) is 6.94. The molecule has 0 atom stereocenters. The summed E-state index contributed by atoms with van der Waals surface area (Å²) in [5, 5.41) is 3.19. The van der Waals surface area contributed by atoms with Crippen LogP contribution in [0.3, 0.4) is 0 Å². The molecule has 136 valence electrons. The molecule has 0 aliphatic heterocycles. The number of hydrogen-bond donors (Lipinski definition) is 1. The number of nitrogens with one attached hydrogen (secondary N) is 1. The second-order valence-corrected chi connectivity index (χ2v) is 6.65. The van der Waals surface area contributed by atoms with E-state index in [0.29, 0.717) is 5.69 Å². The molecule has 4 rings (SSSR count). The van der Waals surface area contributed by atoms with Crippen LogP contribution in [0.2, 0.25) is 0 Å². The molecular weight excluding hydrogens is 347 g/mol. The lowest BCUT2D eigenvalue weighted by atomic mass is 10.0. The van der Waals surface area contributed by atoms with E-state index in [1.165, 1.54) is 34.4 Å². The second kappa shape index (κ2) is 6.95. The maximum absolute atomic E-state index is 12.7. The highest BCUT2D eigenvalue weighted by atomic mass is 19.4. The molecule has 0 saturated carbocycles. The van der Waals surface area contributed by atoms with Crippen molar-refractivity contribution in [1.82, 2.24) is 0 Å². The molecule has 27 heavy (non-hydrogen) atoms. The summed E-state index contributed by atoms with van der Waals surface area (Å²) in [6.45, 7) is 0. The van der Waals surface area contributed by atoms with Crippen LogP contribution in [0.1, 0.15) is 28.7 Å². The zero-order valence-electron chi connectivity index (χ0n) is 14.6. The predicted molar refractivity (Wildman–Crippen MR) is 104 cm³/mol. The number of hydrogen-bond acceptors (Lipinski definition) is 1. The zero-order valence-corrected chi connectivity index (χ0v) is 14.6. The number of rotatable bonds is 3. The first-order chi connectivity index (χ1) is 13.0. The highest BCUT2D eigenvalue weighted by molar-refractivity contribution is 5.86. The molecule has 1 nitrogen and oxygen atoms in total. The van der Waals surface area contributed by atoms with E-state index in [4.69, 9.17) is 0 Å². The lowest BCUT2D eigenvalue weighted by molar-refractivity contribution is -0.137. The van der Waals surface area contributed by atoms with Gasteiger partial charge in [0.25, 0.3) is 0 Å². The molecule has 0 amide bonds. The van der Waals surface area contributed by atoms with Gasteiger partial charge < -0.3 is 5.32 Å². The normalized spacial score (nSPS) is 15.0. The molecule has 0 bridgehead atoms. The fourth-order valence-electron chi connectivity index (χ4n) is 3.41. The molecule has 0 saturated heterocycles. The van der Waals surface area contributed by atoms with Crippen LogP contribution in [-0.2, 0) is 12.6 Å². The molecule has 3 aromatic rings. The van der Waals surface area contributed by atoms with Crippen LogP contribution in [0, 0.1) is 0 Å². The van der Waals surface area contributed by atoms with Gasteiger partial charge in [0.15, 0.2) is 0 Å². The van der Waals surface area contributed by atoms with Crippen LogP contribution < -0.4 is 5.32 Å². The summed E-state index contributed by atoms with van der Waals surface area (Å²) in [6.07, 6.45) is -0.132. The largest absolute Gasteiger partial charge is 0.416 e. The van der Waals surface area contributed by atoms with Crippen molar-refractivity contribution >= 4 is 23.0 Å². The number of benzene rings is 3. The zero-order chi connectivity index (χ0) is 18.9. The lowest BCUT2D eigenvalue weighted by Gasteiger charge is -2.11. The first kappa shape index (κ1) is 17.4. The minimum atomic E-state index is -4.31. The summed E-state index contributed by atoms with van der Waals surface area (Å²) in [5.41, 5.74) is 5.89. The van der Waals surface area contributed by atoms with Crippen molar-refractivity contribution in [3.8, 4) is 0 Å². The summed E-state index contributed by atoms with van der Waals surface area (Å²) in [6, 6.07) is 21.5. The molecule has 0 spiro atoms. The SMILES string of the molecule is FC(F)(F)c1ccc(Nc2ccc3c(c2)CC/C3=C\c2ccccc2)cc1. The molecule has 4 heteroatoms. The number of anilines is 2. The van der Waals surface area contributed by atoms with Crippen LogP contribution in [-0.4, -0.2) is 0 Å². The van der Waals surface area contributed by atoms with Gasteiger partial charge in [0.2, 0.25) is 0 Å². The minimum Gasteiger partial charge on any atom is -0.356 e. The Balaban J connectivity index is 1.53. The van der Waals surface area contributed by atoms with E-state index in [-0.39, 0.29) is 0 Å². The van der Waals surface area contributed by atoms with Gasteiger partial charge in [0.1, 0.15) is 0 Å². The van der Waals surface area contributed by atoms with Crippen molar-refractivity contribution in [1.29, 1.82) is 0 Å². The fraction of sp³-hybridized carbons (Fsp3) is 0.130. The third kappa shape index (κ3) is 3.90. The monoisotopic (exact) mass is 365 g/mol. The Labute approximate surface area is 156 Å². The van der Waals surface area contributed by atoms with Crippen LogP contribution in [0.5, 0.6) is 0 Å². The van der Waals surface area contributed by atoms with Crippen LogP contribution in [0.4, 0.5) is 24.5 Å². The standard InChI is InChI=1S/C23H18F3N/c24-23(25,26)19-8-10-20(11-9-19)27-21-12-13-22-17(6-7-18(22)15-21)14-16-4-2-1-3-5-16/h1-5,8-15,27H,6-7H2/b17-14+. The molecule has 0 aromatic heterocycles. The highest BCUT2D eigenvalue weighted by Crippen LogP contribution is 2.36. The Morgan fingerprint density at radius 1 is 0.778 bits per heavy atom. The minimum absolute atomic E-state index is 0.640. The van der Waals surface area contributed by atoms with Crippen molar-refractivity contribution in [3.63, 3.8) is 0 Å². The summed E-state index contributed by atoms with van der Waals surface area (Å²) >= 11 is 0. The number of halogens is 3.